The molecule has 192 valence electrons. The maximum Gasteiger partial charge on any atom is 0.410 e. The zero-order valence-corrected chi connectivity index (χ0v) is 22.9. The van der Waals surface area contributed by atoms with Crippen molar-refractivity contribution in [2.24, 2.45) is 0 Å². The van der Waals surface area contributed by atoms with Crippen LogP contribution >= 0.6 is 0 Å². The van der Waals surface area contributed by atoms with Gasteiger partial charge >= 0.3 is 12.2 Å². The van der Waals surface area contributed by atoms with Gasteiger partial charge in [0, 0.05) is 6.54 Å². The summed E-state index contributed by atoms with van der Waals surface area (Å²) in [4.78, 5) is 26.6. The average molecular weight is 495 g/mol. The minimum atomic E-state index is -2.17. The van der Waals surface area contributed by atoms with Gasteiger partial charge in [0.05, 0.1) is 18.7 Å². The minimum absolute atomic E-state index is 0.0361. The highest BCUT2D eigenvalue weighted by Gasteiger charge is 2.49. The van der Waals surface area contributed by atoms with Crippen molar-refractivity contribution in [2.75, 3.05) is 13.1 Å². The van der Waals surface area contributed by atoms with Gasteiger partial charge in [-0.05, 0) is 50.9 Å². The second kappa shape index (κ2) is 11.1. The monoisotopic (exact) mass is 494 g/mol. The average Bonchev–Trinajstić information content (AvgIpc) is 3.00. The van der Waals surface area contributed by atoms with E-state index in [1.165, 1.54) is 4.90 Å². The van der Waals surface area contributed by atoms with Crippen molar-refractivity contribution in [3.05, 3.63) is 35.9 Å². The summed E-state index contributed by atoms with van der Waals surface area (Å²) in [5.74, 6) is 0. The number of aliphatic hydroxyl groups is 1. The van der Waals surface area contributed by atoms with E-state index in [4.69, 9.17) is 13.9 Å². The second-order valence-corrected chi connectivity index (χ2v) is 16.1. The Balaban J connectivity index is 2.01. The molecule has 9 heteroatoms. The van der Waals surface area contributed by atoms with Crippen LogP contribution in [0, 0.1) is 0 Å². The number of rotatable bonds is 7. The van der Waals surface area contributed by atoms with E-state index < -0.39 is 44.4 Å². The van der Waals surface area contributed by atoms with Gasteiger partial charge in [0.25, 0.3) is 0 Å². The summed E-state index contributed by atoms with van der Waals surface area (Å²) >= 11 is 0. The summed E-state index contributed by atoms with van der Waals surface area (Å²) in [5, 5.41) is 13.8. The summed E-state index contributed by atoms with van der Waals surface area (Å²) < 4.78 is 17.3. The molecule has 3 atom stereocenters. The molecule has 0 bridgehead atoms. The number of likely N-dealkylation sites (tertiary alicyclic amines) is 1. The van der Waals surface area contributed by atoms with Crippen LogP contribution in [0.5, 0.6) is 0 Å². The number of ether oxygens (including phenoxy) is 2. The second-order valence-electron chi connectivity index (χ2n) is 11.4. The molecule has 1 aliphatic rings. The molecular weight excluding hydrogens is 452 g/mol. The molecule has 2 amide bonds. The fourth-order valence-corrected chi connectivity index (χ4v) is 4.81. The van der Waals surface area contributed by atoms with Crippen LogP contribution in [0.2, 0.25) is 18.1 Å². The molecule has 2 N–H and O–H groups in total. The Kier molecular flexibility index (Phi) is 9.18. The number of amides is 2. The SMILES string of the molecule is CC(C)(C)OC(=O)N1C[C@@H](O[Si](C)(C)C(C)(C)C)[C@H](O)[C@H]1CCNC(=O)OCc1ccccc1. The van der Waals surface area contributed by atoms with Crippen LogP contribution in [0.4, 0.5) is 9.59 Å². The van der Waals surface area contributed by atoms with Crippen molar-refractivity contribution in [3.8, 4) is 0 Å². The topological polar surface area (TPSA) is 97.3 Å². The molecule has 1 aromatic carbocycles. The third-order valence-corrected chi connectivity index (χ3v) is 10.9. The van der Waals surface area contributed by atoms with Crippen LogP contribution in [-0.2, 0) is 20.5 Å². The first-order valence-corrected chi connectivity index (χ1v) is 14.8. The third kappa shape index (κ3) is 7.99. The smallest absolute Gasteiger partial charge is 0.410 e. The van der Waals surface area contributed by atoms with Crippen LogP contribution in [-0.4, -0.2) is 67.5 Å². The predicted octanol–water partition coefficient (Wildman–Crippen LogP) is 4.67. The van der Waals surface area contributed by atoms with Gasteiger partial charge in [-0.1, -0.05) is 51.1 Å². The lowest BCUT2D eigenvalue weighted by Gasteiger charge is -2.39. The Morgan fingerprint density at radius 2 is 1.74 bits per heavy atom. The van der Waals surface area contributed by atoms with Crippen molar-refractivity contribution in [1.29, 1.82) is 0 Å². The summed E-state index contributed by atoms with van der Waals surface area (Å²) in [6, 6.07) is 8.87. The lowest BCUT2D eigenvalue weighted by Crippen LogP contribution is -2.47. The van der Waals surface area contributed by atoms with Crippen LogP contribution in [0.15, 0.2) is 30.3 Å². The molecule has 34 heavy (non-hydrogen) atoms. The molecule has 1 aliphatic heterocycles. The normalized spacial score (nSPS) is 21.3. The van der Waals surface area contributed by atoms with Crippen LogP contribution in [0.1, 0.15) is 53.5 Å². The highest BCUT2D eigenvalue weighted by molar-refractivity contribution is 6.74. The zero-order chi connectivity index (χ0) is 25.7. The first-order valence-electron chi connectivity index (χ1n) is 11.9. The van der Waals surface area contributed by atoms with Gasteiger partial charge in [0.15, 0.2) is 8.32 Å². The molecule has 0 unspecified atom stereocenters. The third-order valence-electron chi connectivity index (χ3n) is 6.35. The summed E-state index contributed by atoms with van der Waals surface area (Å²) in [5.41, 5.74) is 0.232. The van der Waals surface area contributed by atoms with Gasteiger partial charge in [-0.15, -0.1) is 0 Å². The number of carbonyl (C=O) groups excluding carboxylic acids is 2. The van der Waals surface area contributed by atoms with Crippen LogP contribution < -0.4 is 5.32 Å². The standard InChI is InChI=1S/C25H42N2O6Si/c1-24(2,3)32-23(30)27-16-20(33-34(7,8)25(4,5)6)21(28)19(27)14-15-26-22(29)31-17-18-12-10-9-11-13-18/h9-13,19-21,28H,14-17H2,1-8H3,(H,26,29)/t19-,20-,21-/m1/s1. The molecular formula is C25H42N2O6Si. The molecule has 0 spiro atoms. The number of alkyl carbamates (subject to hydrolysis) is 1. The highest BCUT2D eigenvalue weighted by Crippen LogP contribution is 2.39. The number of aliphatic hydroxyl groups excluding tert-OH is 1. The number of benzene rings is 1. The number of nitrogens with one attached hydrogen (secondary N) is 1. The van der Waals surface area contributed by atoms with Gasteiger partial charge in [0.2, 0.25) is 0 Å². The van der Waals surface area contributed by atoms with Crippen LogP contribution in [0.3, 0.4) is 0 Å². The zero-order valence-electron chi connectivity index (χ0n) is 21.9. The molecule has 0 radical (unpaired) electrons. The molecule has 2 rings (SSSR count). The Labute approximate surface area is 205 Å². The lowest BCUT2D eigenvalue weighted by molar-refractivity contribution is 0.0129. The molecule has 1 heterocycles. The van der Waals surface area contributed by atoms with E-state index in [1.54, 1.807) is 20.8 Å². The van der Waals surface area contributed by atoms with E-state index in [9.17, 15) is 14.7 Å². The van der Waals surface area contributed by atoms with Crippen molar-refractivity contribution in [1.82, 2.24) is 10.2 Å². The number of hydrogen-bond donors (Lipinski definition) is 2. The Morgan fingerprint density at radius 1 is 1.12 bits per heavy atom. The molecule has 1 fully saturated rings. The van der Waals surface area contributed by atoms with Gasteiger partial charge in [-0.3, -0.25) is 4.90 Å². The Hall–Kier alpha value is -2.10. The Morgan fingerprint density at radius 3 is 2.29 bits per heavy atom. The molecule has 1 aromatic rings. The van der Waals surface area contributed by atoms with E-state index in [0.29, 0.717) is 6.42 Å². The first kappa shape index (κ1) is 28.1. The Bertz CT molecular complexity index is 819. The molecule has 0 aromatic heterocycles. The number of carbonyl (C=O) groups is 2. The van der Waals surface area contributed by atoms with Gasteiger partial charge in [-0.2, -0.15) is 0 Å². The maximum atomic E-state index is 12.9. The van der Waals surface area contributed by atoms with Crippen LogP contribution in [0.25, 0.3) is 0 Å². The van der Waals surface area contributed by atoms with Gasteiger partial charge < -0.3 is 24.3 Å². The van der Waals surface area contributed by atoms with E-state index in [-0.39, 0.29) is 24.7 Å². The van der Waals surface area contributed by atoms with Crippen molar-refractivity contribution < 1.29 is 28.6 Å². The fourth-order valence-electron chi connectivity index (χ4n) is 3.48. The molecule has 8 nitrogen and oxygen atoms in total. The predicted molar refractivity (Wildman–Crippen MR) is 134 cm³/mol. The first-order chi connectivity index (χ1) is 15.6. The number of hydrogen-bond acceptors (Lipinski definition) is 6. The van der Waals surface area contributed by atoms with E-state index >= 15 is 0 Å². The molecule has 0 saturated carbocycles. The summed E-state index contributed by atoms with van der Waals surface area (Å²) in [7, 11) is -2.17. The minimum Gasteiger partial charge on any atom is -0.445 e. The van der Waals surface area contributed by atoms with E-state index in [1.807, 2.05) is 30.3 Å². The number of nitrogens with zero attached hydrogens (tertiary/aromatic N) is 1. The summed E-state index contributed by atoms with van der Waals surface area (Å²) in [6.07, 6.45) is -2.09. The largest absolute Gasteiger partial charge is 0.445 e. The summed E-state index contributed by atoms with van der Waals surface area (Å²) in [6.45, 7) is 16.7. The fraction of sp³-hybridized carbons (Fsp3) is 0.680. The van der Waals surface area contributed by atoms with Gasteiger partial charge in [-0.25, -0.2) is 9.59 Å². The van der Waals surface area contributed by atoms with Gasteiger partial charge in [0.1, 0.15) is 18.3 Å². The van der Waals surface area contributed by atoms with Crippen molar-refractivity contribution >= 4 is 20.5 Å². The molecule has 0 aliphatic carbocycles. The highest BCUT2D eigenvalue weighted by atomic mass is 28.4. The lowest BCUT2D eigenvalue weighted by atomic mass is 10.1. The van der Waals surface area contributed by atoms with E-state index in [2.05, 4.69) is 39.2 Å². The maximum absolute atomic E-state index is 12.9. The van der Waals surface area contributed by atoms with Crippen molar-refractivity contribution in [2.45, 2.75) is 96.6 Å². The van der Waals surface area contributed by atoms with E-state index in [0.717, 1.165) is 5.56 Å². The quantitative estimate of drug-likeness (QED) is 0.535. The van der Waals surface area contributed by atoms with Crippen molar-refractivity contribution in [3.63, 3.8) is 0 Å². The molecule has 1 saturated heterocycles.